The summed E-state index contributed by atoms with van der Waals surface area (Å²) in [6.07, 6.45) is 2.39. The number of ether oxygens (including phenoxy) is 1. The van der Waals surface area contributed by atoms with Crippen molar-refractivity contribution in [1.82, 2.24) is 14.7 Å². The molecule has 2 N–H and O–H groups in total. The van der Waals surface area contributed by atoms with Gasteiger partial charge in [0.2, 0.25) is 5.91 Å². The molecule has 0 saturated carbocycles. The number of amides is 1. The fourth-order valence-corrected chi connectivity index (χ4v) is 4.09. The first-order valence-electron chi connectivity index (χ1n) is 8.98. The van der Waals surface area contributed by atoms with Crippen LogP contribution in [0.5, 0.6) is 0 Å². The minimum absolute atomic E-state index is 0.0623. The van der Waals surface area contributed by atoms with Crippen LogP contribution in [0.1, 0.15) is 5.69 Å². The number of nitrogens with zero attached hydrogens (tertiary/aromatic N) is 2. The highest BCUT2D eigenvalue weighted by Crippen LogP contribution is 2.23. The van der Waals surface area contributed by atoms with E-state index in [1.807, 2.05) is 46.3 Å². The molecule has 1 fully saturated rings. The van der Waals surface area contributed by atoms with Crippen LogP contribution in [0, 0.1) is 0 Å². The lowest BCUT2D eigenvalue weighted by Gasteiger charge is -2.23. The largest absolute Gasteiger partial charge is 0.370 e. The predicted molar refractivity (Wildman–Crippen MR) is 102 cm³/mol. The van der Waals surface area contributed by atoms with Gasteiger partial charge in [0.05, 0.1) is 38.4 Å². The Hall–Kier alpha value is -2.22. The summed E-state index contributed by atoms with van der Waals surface area (Å²) in [7, 11) is 0. The molecule has 4 rings (SSSR count). The molecule has 1 aliphatic heterocycles. The molecule has 1 aliphatic rings. The van der Waals surface area contributed by atoms with Crippen LogP contribution in [-0.2, 0) is 16.0 Å². The smallest absolute Gasteiger partial charge is 0.226 e. The molecular weight excluding hydrogens is 348 g/mol. The van der Waals surface area contributed by atoms with Crippen LogP contribution in [0.4, 0.5) is 0 Å². The van der Waals surface area contributed by atoms with Crippen molar-refractivity contribution in [1.29, 1.82) is 0 Å². The van der Waals surface area contributed by atoms with Crippen LogP contribution < -0.4 is 10.2 Å². The van der Waals surface area contributed by atoms with E-state index >= 15 is 0 Å². The number of rotatable bonds is 6. The monoisotopic (exact) mass is 371 g/mol. The number of thiazole rings is 1. The van der Waals surface area contributed by atoms with Crippen molar-refractivity contribution in [3.8, 4) is 11.3 Å². The molecule has 0 spiro atoms. The number of imidazole rings is 1. The molecule has 0 unspecified atom stereocenters. The fourth-order valence-electron chi connectivity index (χ4n) is 3.22. The third-order valence-electron chi connectivity index (χ3n) is 4.70. The Labute approximate surface area is 156 Å². The summed E-state index contributed by atoms with van der Waals surface area (Å²) in [6, 6.07) is 10.1. The molecule has 0 aliphatic carbocycles. The van der Waals surface area contributed by atoms with Crippen LogP contribution in [-0.4, -0.2) is 54.7 Å². The SMILES string of the molecule is O=C(Cc1csc2nc(-c3ccccc3)cn12)NCC[NH+]1CCOCC1. The third-order valence-corrected chi connectivity index (χ3v) is 5.58. The Morgan fingerprint density at radius 2 is 2.08 bits per heavy atom. The van der Waals surface area contributed by atoms with E-state index in [1.165, 1.54) is 4.90 Å². The quantitative estimate of drug-likeness (QED) is 0.668. The van der Waals surface area contributed by atoms with Crippen LogP contribution in [0.25, 0.3) is 16.2 Å². The lowest BCUT2D eigenvalue weighted by atomic mass is 10.2. The lowest BCUT2D eigenvalue weighted by molar-refractivity contribution is -0.906. The summed E-state index contributed by atoms with van der Waals surface area (Å²) in [6.45, 7) is 5.36. The van der Waals surface area contributed by atoms with Crippen molar-refractivity contribution >= 4 is 22.2 Å². The van der Waals surface area contributed by atoms with Gasteiger partial charge in [-0.1, -0.05) is 30.3 Å². The number of carbonyl (C=O) groups excluding carboxylic acids is 1. The van der Waals surface area contributed by atoms with Gasteiger partial charge >= 0.3 is 0 Å². The molecule has 2 aromatic heterocycles. The summed E-state index contributed by atoms with van der Waals surface area (Å²) in [5, 5.41) is 5.06. The molecule has 0 atom stereocenters. The topological polar surface area (TPSA) is 60.1 Å². The molecule has 7 heteroatoms. The van der Waals surface area contributed by atoms with Gasteiger partial charge in [-0.15, -0.1) is 11.3 Å². The number of hydrogen-bond acceptors (Lipinski definition) is 4. The molecule has 0 radical (unpaired) electrons. The summed E-state index contributed by atoms with van der Waals surface area (Å²) < 4.78 is 7.38. The number of benzene rings is 1. The minimum atomic E-state index is 0.0623. The van der Waals surface area contributed by atoms with E-state index in [2.05, 4.69) is 10.3 Å². The van der Waals surface area contributed by atoms with Crippen molar-refractivity contribution in [3.63, 3.8) is 0 Å². The average molecular weight is 371 g/mol. The first kappa shape index (κ1) is 17.2. The van der Waals surface area contributed by atoms with E-state index in [0.29, 0.717) is 13.0 Å². The average Bonchev–Trinajstić information content (AvgIpc) is 3.25. The Bertz CT molecular complexity index is 868. The molecule has 136 valence electrons. The van der Waals surface area contributed by atoms with Crippen molar-refractivity contribution in [2.75, 3.05) is 39.4 Å². The molecule has 26 heavy (non-hydrogen) atoms. The van der Waals surface area contributed by atoms with Crippen LogP contribution in [0.3, 0.4) is 0 Å². The standard InChI is InChI=1S/C19H22N4O2S/c24-18(20-6-7-22-8-10-25-11-9-22)12-16-14-26-19-21-17(13-23(16)19)15-4-2-1-3-5-15/h1-5,13-14H,6-12H2,(H,20,24)/p+1. The molecule has 1 amide bonds. The number of morpholine rings is 1. The van der Waals surface area contributed by atoms with Gasteiger partial charge < -0.3 is 15.0 Å². The van der Waals surface area contributed by atoms with Crippen molar-refractivity contribution in [2.45, 2.75) is 6.42 Å². The highest BCUT2D eigenvalue weighted by atomic mass is 32.1. The summed E-state index contributed by atoms with van der Waals surface area (Å²) in [5.41, 5.74) is 3.01. The second-order valence-electron chi connectivity index (χ2n) is 6.51. The van der Waals surface area contributed by atoms with E-state index in [0.717, 1.165) is 54.8 Å². The third kappa shape index (κ3) is 3.95. The Morgan fingerprint density at radius 3 is 2.88 bits per heavy atom. The molecular formula is C19H23N4O2S+. The zero-order valence-corrected chi connectivity index (χ0v) is 15.4. The maximum Gasteiger partial charge on any atom is 0.226 e. The van der Waals surface area contributed by atoms with Crippen molar-refractivity contribution in [3.05, 3.63) is 47.6 Å². The summed E-state index contributed by atoms with van der Waals surface area (Å²) in [5.74, 6) is 0.0623. The van der Waals surface area contributed by atoms with Gasteiger partial charge in [-0.2, -0.15) is 0 Å². The van der Waals surface area contributed by atoms with Crippen LogP contribution >= 0.6 is 11.3 Å². The second-order valence-corrected chi connectivity index (χ2v) is 7.35. The minimum Gasteiger partial charge on any atom is -0.370 e. The van der Waals surface area contributed by atoms with Gasteiger partial charge in [0.25, 0.3) is 0 Å². The zero-order valence-electron chi connectivity index (χ0n) is 14.6. The number of nitrogens with one attached hydrogen (secondary N) is 2. The molecule has 1 saturated heterocycles. The highest BCUT2D eigenvalue weighted by molar-refractivity contribution is 7.15. The van der Waals surface area contributed by atoms with Gasteiger partial charge in [-0.25, -0.2) is 4.98 Å². The van der Waals surface area contributed by atoms with Crippen molar-refractivity contribution < 1.29 is 14.4 Å². The Balaban J connectivity index is 1.36. The van der Waals surface area contributed by atoms with E-state index in [1.54, 1.807) is 11.3 Å². The predicted octanol–water partition coefficient (Wildman–Crippen LogP) is 0.637. The first-order chi connectivity index (χ1) is 12.8. The van der Waals surface area contributed by atoms with Gasteiger partial charge in [0, 0.05) is 22.8 Å². The number of hydrogen-bond donors (Lipinski definition) is 2. The molecule has 3 aromatic rings. The van der Waals surface area contributed by atoms with Crippen LogP contribution in [0.15, 0.2) is 41.9 Å². The van der Waals surface area contributed by atoms with Gasteiger partial charge in [0.1, 0.15) is 13.1 Å². The van der Waals surface area contributed by atoms with E-state index < -0.39 is 0 Å². The van der Waals surface area contributed by atoms with Crippen LogP contribution in [0.2, 0.25) is 0 Å². The summed E-state index contributed by atoms with van der Waals surface area (Å²) in [4.78, 5) is 19.4. The zero-order chi connectivity index (χ0) is 17.8. The van der Waals surface area contributed by atoms with E-state index in [4.69, 9.17) is 4.74 Å². The summed E-state index contributed by atoms with van der Waals surface area (Å²) >= 11 is 1.57. The Kier molecular flexibility index (Phi) is 5.29. The number of carbonyl (C=O) groups is 1. The number of fused-ring (bicyclic) bond motifs is 1. The second kappa shape index (κ2) is 7.99. The van der Waals surface area contributed by atoms with Crippen molar-refractivity contribution in [2.24, 2.45) is 0 Å². The number of quaternary nitrogens is 1. The maximum absolute atomic E-state index is 12.3. The normalized spacial score (nSPS) is 15.4. The lowest BCUT2D eigenvalue weighted by Crippen LogP contribution is -3.14. The Morgan fingerprint density at radius 1 is 1.27 bits per heavy atom. The molecule has 3 heterocycles. The fraction of sp³-hybridized carbons (Fsp3) is 0.368. The van der Waals surface area contributed by atoms with E-state index in [9.17, 15) is 4.79 Å². The highest BCUT2D eigenvalue weighted by Gasteiger charge is 2.15. The molecule has 0 bridgehead atoms. The molecule has 6 nitrogen and oxygen atoms in total. The van der Waals surface area contributed by atoms with Gasteiger partial charge in [-0.05, 0) is 0 Å². The van der Waals surface area contributed by atoms with E-state index in [-0.39, 0.29) is 5.91 Å². The maximum atomic E-state index is 12.3. The van der Waals surface area contributed by atoms with Gasteiger partial charge in [-0.3, -0.25) is 9.20 Å². The molecule has 1 aromatic carbocycles. The van der Waals surface area contributed by atoms with Gasteiger partial charge in [0.15, 0.2) is 4.96 Å². The first-order valence-corrected chi connectivity index (χ1v) is 9.86. The number of aromatic nitrogens is 2.